The number of anilines is 2. The number of rotatable bonds is 3. The Morgan fingerprint density at radius 1 is 1.13 bits per heavy atom. The van der Waals surface area contributed by atoms with Gasteiger partial charge in [0.25, 0.3) is 0 Å². The summed E-state index contributed by atoms with van der Waals surface area (Å²) in [6.45, 7) is 3.89. The minimum absolute atomic E-state index is 0.448. The molecule has 0 amide bonds. The van der Waals surface area contributed by atoms with Crippen LogP contribution < -0.4 is 9.80 Å². The van der Waals surface area contributed by atoms with Crippen LogP contribution in [-0.2, 0) is 12.8 Å². The van der Waals surface area contributed by atoms with E-state index in [1.54, 1.807) is 6.20 Å². The molecule has 2 aromatic rings. The number of hydrogen-bond acceptors (Lipinski definition) is 6. The van der Waals surface area contributed by atoms with E-state index in [-0.39, 0.29) is 0 Å². The molecule has 0 radical (unpaired) electrons. The lowest BCUT2D eigenvalue weighted by Crippen LogP contribution is -2.59. The molecule has 1 fully saturated rings. The first kappa shape index (κ1) is 14.4. The van der Waals surface area contributed by atoms with E-state index in [4.69, 9.17) is 0 Å². The van der Waals surface area contributed by atoms with Crippen molar-refractivity contribution in [2.75, 3.05) is 29.9 Å². The van der Waals surface area contributed by atoms with E-state index in [1.165, 1.54) is 24.1 Å². The van der Waals surface area contributed by atoms with E-state index >= 15 is 0 Å². The summed E-state index contributed by atoms with van der Waals surface area (Å²) in [4.78, 5) is 13.3. The van der Waals surface area contributed by atoms with Gasteiger partial charge in [0.15, 0.2) is 5.82 Å². The van der Waals surface area contributed by atoms with Crippen molar-refractivity contribution in [2.45, 2.75) is 38.6 Å². The molecule has 1 aliphatic heterocycles. The topological polar surface area (TPSA) is 58.0 Å². The maximum Gasteiger partial charge on any atom is 0.151 e. The smallest absolute Gasteiger partial charge is 0.151 e. The van der Waals surface area contributed by atoms with Crippen LogP contribution in [0, 0.1) is 6.92 Å². The quantitative estimate of drug-likeness (QED) is 0.861. The average Bonchev–Trinajstić information content (AvgIpc) is 2.53. The van der Waals surface area contributed by atoms with Crippen molar-refractivity contribution in [2.24, 2.45) is 0 Å². The van der Waals surface area contributed by atoms with Crippen molar-refractivity contribution >= 4 is 11.6 Å². The third-order valence-electron chi connectivity index (χ3n) is 4.89. The first-order valence-corrected chi connectivity index (χ1v) is 8.32. The minimum Gasteiger partial charge on any atom is -0.352 e. The summed E-state index contributed by atoms with van der Waals surface area (Å²) >= 11 is 0. The van der Waals surface area contributed by atoms with E-state index in [2.05, 4.69) is 43.1 Å². The Balaban J connectivity index is 1.43. The predicted octanol–water partition coefficient (Wildman–Crippen LogP) is 1.78. The van der Waals surface area contributed by atoms with E-state index < -0.39 is 0 Å². The molecule has 6 nitrogen and oxygen atoms in total. The molecule has 1 aliphatic carbocycles. The fourth-order valence-electron chi connectivity index (χ4n) is 3.33. The number of nitrogens with zero attached hydrogens (tertiary/aromatic N) is 6. The lowest BCUT2D eigenvalue weighted by molar-refractivity contribution is 0.485. The number of aryl methyl sites for hydroxylation is 3. The standard InChI is InChI=1S/C17H22N6/c1-12-8-18-9-17(19-12)22(2)14-10-23(11-14)16-7-13-5-3-4-6-15(13)20-21-16/h7-9,14H,3-6,10-11H2,1-2H3. The molecule has 0 aromatic carbocycles. The molecule has 2 aromatic heterocycles. The zero-order chi connectivity index (χ0) is 15.8. The number of aromatic nitrogens is 4. The van der Waals surface area contributed by atoms with Gasteiger partial charge in [0.2, 0.25) is 0 Å². The molecule has 6 heteroatoms. The van der Waals surface area contributed by atoms with Gasteiger partial charge in [-0.15, -0.1) is 5.10 Å². The normalized spacial score (nSPS) is 17.6. The van der Waals surface area contributed by atoms with E-state index in [9.17, 15) is 0 Å². The summed E-state index contributed by atoms with van der Waals surface area (Å²) in [5.74, 6) is 1.96. The molecule has 1 saturated heterocycles. The molecule has 2 aliphatic rings. The molecule has 0 bridgehead atoms. The van der Waals surface area contributed by atoms with Crippen LogP contribution in [0.3, 0.4) is 0 Å². The Kier molecular flexibility index (Phi) is 3.59. The van der Waals surface area contributed by atoms with Crippen LogP contribution in [0.15, 0.2) is 18.5 Å². The molecular formula is C17H22N6. The maximum absolute atomic E-state index is 4.55. The van der Waals surface area contributed by atoms with Gasteiger partial charge in [0.05, 0.1) is 23.6 Å². The maximum atomic E-state index is 4.55. The SMILES string of the molecule is Cc1cncc(N(C)C2CN(c3cc4c(nn3)CCCC4)C2)n1. The van der Waals surface area contributed by atoms with Crippen LogP contribution in [0.2, 0.25) is 0 Å². The second-order valence-electron chi connectivity index (χ2n) is 6.57. The third-order valence-corrected chi connectivity index (χ3v) is 4.89. The van der Waals surface area contributed by atoms with Gasteiger partial charge < -0.3 is 9.80 Å². The molecule has 3 heterocycles. The predicted molar refractivity (Wildman–Crippen MR) is 89.8 cm³/mol. The van der Waals surface area contributed by atoms with Gasteiger partial charge >= 0.3 is 0 Å². The third kappa shape index (κ3) is 2.73. The van der Waals surface area contributed by atoms with Crippen molar-refractivity contribution in [1.29, 1.82) is 0 Å². The van der Waals surface area contributed by atoms with Crippen LogP contribution in [0.5, 0.6) is 0 Å². The van der Waals surface area contributed by atoms with Crippen LogP contribution >= 0.6 is 0 Å². The Hall–Kier alpha value is -2.24. The van der Waals surface area contributed by atoms with E-state index in [1.807, 2.05) is 13.1 Å². The highest BCUT2D eigenvalue weighted by Crippen LogP contribution is 2.27. The first-order valence-electron chi connectivity index (χ1n) is 8.32. The number of likely N-dealkylation sites (N-methyl/N-ethyl adjacent to an activating group) is 1. The van der Waals surface area contributed by atoms with Crippen molar-refractivity contribution in [1.82, 2.24) is 20.2 Å². The van der Waals surface area contributed by atoms with Gasteiger partial charge in [0.1, 0.15) is 5.82 Å². The first-order chi connectivity index (χ1) is 11.2. The molecule has 120 valence electrons. The summed E-state index contributed by atoms with van der Waals surface area (Å²) in [5.41, 5.74) is 3.54. The Morgan fingerprint density at radius 2 is 1.96 bits per heavy atom. The second kappa shape index (κ2) is 5.76. The number of fused-ring (bicyclic) bond motifs is 1. The van der Waals surface area contributed by atoms with Gasteiger partial charge in [-0.2, -0.15) is 5.10 Å². The highest BCUT2D eigenvalue weighted by Gasteiger charge is 2.32. The average molecular weight is 310 g/mol. The van der Waals surface area contributed by atoms with Gasteiger partial charge in [-0.05, 0) is 44.2 Å². The Morgan fingerprint density at radius 3 is 2.78 bits per heavy atom. The molecule has 4 rings (SSSR count). The fraction of sp³-hybridized carbons (Fsp3) is 0.529. The number of hydrogen-bond donors (Lipinski definition) is 0. The summed E-state index contributed by atoms with van der Waals surface area (Å²) in [6, 6.07) is 2.69. The van der Waals surface area contributed by atoms with Crippen molar-refractivity contribution < 1.29 is 0 Å². The summed E-state index contributed by atoms with van der Waals surface area (Å²) in [7, 11) is 2.09. The lowest BCUT2D eigenvalue weighted by Gasteiger charge is -2.45. The Labute approximate surface area is 136 Å². The van der Waals surface area contributed by atoms with Crippen molar-refractivity contribution in [3.63, 3.8) is 0 Å². The summed E-state index contributed by atoms with van der Waals surface area (Å²) in [6.07, 6.45) is 8.36. The largest absolute Gasteiger partial charge is 0.352 e. The van der Waals surface area contributed by atoms with Gasteiger partial charge in [-0.3, -0.25) is 4.98 Å². The van der Waals surface area contributed by atoms with Crippen molar-refractivity contribution in [3.8, 4) is 0 Å². The van der Waals surface area contributed by atoms with Crippen LogP contribution in [0.25, 0.3) is 0 Å². The van der Waals surface area contributed by atoms with Gasteiger partial charge in [0, 0.05) is 26.3 Å². The molecule has 0 saturated carbocycles. The molecule has 0 N–H and O–H groups in total. The summed E-state index contributed by atoms with van der Waals surface area (Å²) < 4.78 is 0. The second-order valence-corrected chi connectivity index (χ2v) is 6.57. The molecule has 0 spiro atoms. The lowest BCUT2D eigenvalue weighted by atomic mass is 9.96. The van der Waals surface area contributed by atoms with Crippen LogP contribution in [0.4, 0.5) is 11.6 Å². The highest BCUT2D eigenvalue weighted by atomic mass is 15.4. The zero-order valence-corrected chi connectivity index (χ0v) is 13.7. The molecule has 23 heavy (non-hydrogen) atoms. The zero-order valence-electron chi connectivity index (χ0n) is 13.7. The van der Waals surface area contributed by atoms with Crippen LogP contribution in [-0.4, -0.2) is 46.3 Å². The Bertz CT molecular complexity index is 710. The van der Waals surface area contributed by atoms with Gasteiger partial charge in [-0.1, -0.05) is 0 Å². The summed E-state index contributed by atoms with van der Waals surface area (Å²) in [5, 5.41) is 8.86. The van der Waals surface area contributed by atoms with Crippen LogP contribution in [0.1, 0.15) is 29.8 Å². The minimum atomic E-state index is 0.448. The van der Waals surface area contributed by atoms with Crippen molar-refractivity contribution in [3.05, 3.63) is 35.4 Å². The molecule has 0 unspecified atom stereocenters. The highest BCUT2D eigenvalue weighted by molar-refractivity contribution is 5.49. The fourth-order valence-corrected chi connectivity index (χ4v) is 3.33. The van der Waals surface area contributed by atoms with E-state index in [0.717, 1.165) is 43.3 Å². The van der Waals surface area contributed by atoms with Gasteiger partial charge in [-0.25, -0.2) is 4.98 Å². The monoisotopic (exact) mass is 310 g/mol. The van der Waals surface area contributed by atoms with E-state index in [0.29, 0.717) is 6.04 Å². The molecular weight excluding hydrogens is 288 g/mol. The molecule has 0 atom stereocenters.